The van der Waals surface area contributed by atoms with Crippen LogP contribution in [0.5, 0.6) is 0 Å². The molecule has 0 amide bonds. The van der Waals surface area contributed by atoms with Gasteiger partial charge in [-0.2, -0.15) is 0 Å². The Labute approximate surface area is 130 Å². The van der Waals surface area contributed by atoms with E-state index < -0.39 is 0 Å². The summed E-state index contributed by atoms with van der Waals surface area (Å²) in [6.07, 6.45) is 4.44. The molecule has 0 aliphatic carbocycles. The van der Waals surface area contributed by atoms with Crippen LogP contribution in [-0.2, 0) is 10.2 Å². The highest BCUT2D eigenvalue weighted by Crippen LogP contribution is 2.33. The molecule has 0 aliphatic heterocycles. The molecule has 1 N–H and O–H groups in total. The van der Waals surface area contributed by atoms with Gasteiger partial charge in [0.05, 0.1) is 6.61 Å². The Bertz CT molecular complexity index is 401. The predicted molar refractivity (Wildman–Crippen MR) is 91.8 cm³/mol. The van der Waals surface area contributed by atoms with Crippen LogP contribution in [0.1, 0.15) is 45.1 Å². The van der Waals surface area contributed by atoms with Crippen molar-refractivity contribution in [3.63, 3.8) is 0 Å². The second-order valence-electron chi connectivity index (χ2n) is 5.91. The molecule has 2 heteroatoms. The lowest BCUT2D eigenvalue weighted by Gasteiger charge is -2.32. The molecule has 0 saturated heterocycles. The lowest BCUT2D eigenvalue weighted by Crippen LogP contribution is -2.30. The van der Waals surface area contributed by atoms with Crippen molar-refractivity contribution >= 4 is 0 Å². The van der Waals surface area contributed by atoms with Crippen LogP contribution in [0.15, 0.2) is 42.5 Å². The van der Waals surface area contributed by atoms with Gasteiger partial charge in [0, 0.05) is 12.0 Å². The lowest BCUT2D eigenvalue weighted by molar-refractivity contribution is 0.0962. The number of benzene rings is 1. The molecule has 0 radical (unpaired) electrons. The summed E-state index contributed by atoms with van der Waals surface area (Å²) in [5.41, 5.74) is 2.49. The van der Waals surface area contributed by atoms with Gasteiger partial charge in [0.25, 0.3) is 0 Å². The molecule has 0 fully saturated rings. The molecule has 1 unspecified atom stereocenters. The topological polar surface area (TPSA) is 21.3 Å². The average Bonchev–Trinajstić information content (AvgIpc) is 2.51. The number of unbranched alkanes of at least 4 members (excludes halogenated alkanes) is 1. The van der Waals surface area contributed by atoms with Crippen molar-refractivity contribution in [3.05, 3.63) is 48.0 Å². The lowest BCUT2D eigenvalue weighted by atomic mass is 9.75. The van der Waals surface area contributed by atoms with Crippen LogP contribution < -0.4 is 5.32 Å². The monoisotopic (exact) mass is 289 g/mol. The fourth-order valence-corrected chi connectivity index (χ4v) is 2.56. The molecule has 118 valence electrons. The molecule has 0 spiro atoms. The number of hydrogen-bond donors (Lipinski definition) is 1. The van der Waals surface area contributed by atoms with Crippen LogP contribution in [0.25, 0.3) is 0 Å². The molecular weight excluding hydrogens is 258 g/mol. The van der Waals surface area contributed by atoms with E-state index in [9.17, 15) is 0 Å². The van der Waals surface area contributed by atoms with Gasteiger partial charge in [0.2, 0.25) is 0 Å². The molecule has 1 aromatic rings. The van der Waals surface area contributed by atoms with E-state index in [4.69, 9.17) is 4.74 Å². The molecule has 1 aromatic carbocycles. The fraction of sp³-hybridized carbons (Fsp3) is 0.579. The van der Waals surface area contributed by atoms with Crippen molar-refractivity contribution < 1.29 is 4.74 Å². The Morgan fingerprint density at radius 2 is 1.95 bits per heavy atom. The zero-order chi connectivity index (χ0) is 15.6. The van der Waals surface area contributed by atoms with E-state index in [-0.39, 0.29) is 5.41 Å². The molecular formula is C19H31NO. The summed E-state index contributed by atoms with van der Waals surface area (Å²) in [7, 11) is 1.99. The first-order chi connectivity index (χ1) is 10.1. The van der Waals surface area contributed by atoms with Crippen molar-refractivity contribution in [2.75, 3.05) is 26.8 Å². The summed E-state index contributed by atoms with van der Waals surface area (Å²) in [6, 6.07) is 10.6. The van der Waals surface area contributed by atoms with Gasteiger partial charge in [-0.3, -0.25) is 0 Å². The third kappa shape index (κ3) is 5.64. The first kappa shape index (κ1) is 17.9. The smallest absolute Gasteiger partial charge is 0.0597 e. The van der Waals surface area contributed by atoms with E-state index in [1.807, 2.05) is 7.05 Å². The zero-order valence-electron chi connectivity index (χ0n) is 14.0. The third-order valence-corrected chi connectivity index (χ3v) is 4.10. The summed E-state index contributed by atoms with van der Waals surface area (Å²) in [5, 5.41) is 3.17. The van der Waals surface area contributed by atoms with Gasteiger partial charge in [-0.15, -0.1) is 0 Å². The van der Waals surface area contributed by atoms with Gasteiger partial charge in [-0.05, 0) is 45.3 Å². The Hall–Kier alpha value is -1.12. The van der Waals surface area contributed by atoms with Crippen molar-refractivity contribution in [3.8, 4) is 0 Å². The average molecular weight is 289 g/mol. The van der Waals surface area contributed by atoms with Gasteiger partial charge in [0.15, 0.2) is 0 Å². The molecule has 1 rings (SSSR count). The van der Waals surface area contributed by atoms with Crippen LogP contribution in [0.4, 0.5) is 0 Å². The minimum absolute atomic E-state index is 0.0831. The molecule has 0 aliphatic rings. The minimum Gasteiger partial charge on any atom is -0.380 e. The minimum atomic E-state index is -0.0831. The summed E-state index contributed by atoms with van der Waals surface area (Å²) in [5.74, 6) is 0. The number of nitrogens with one attached hydrogen (secondary N) is 1. The van der Waals surface area contributed by atoms with Gasteiger partial charge >= 0.3 is 0 Å². The van der Waals surface area contributed by atoms with Crippen LogP contribution >= 0.6 is 0 Å². The summed E-state index contributed by atoms with van der Waals surface area (Å²) >= 11 is 0. The second-order valence-corrected chi connectivity index (χ2v) is 5.91. The van der Waals surface area contributed by atoms with Gasteiger partial charge in [0.1, 0.15) is 0 Å². The zero-order valence-corrected chi connectivity index (χ0v) is 14.0. The first-order valence-corrected chi connectivity index (χ1v) is 8.11. The predicted octanol–water partition coefficient (Wildman–Crippen LogP) is 4.32. The summed E-state index contributed by atoms with van der Waals surface area (Å²) in [6.45, 7) is 11.4. The van der Waals surface area contributed by atoms with Crippen molar-refractivity contribution in [2.45, 2.75) is 44.9 Å². The molecule has 1 atom stereocenters. The highest BCUT2D eigenvalue weighted by Gasteiger charge is 2.29. The van der Waals surface area contributed by atoms with E-state index in [1.165, 1.54) is 11.1 Å². The fourth-order valence-electron chi connectivity index (χ4n) is 2.56. The van der Waals surface area contributed by atoms with E-state index >= 15 is 0 Å². The van der Waals surface area contributed by atoms with E-state index in [1.54, 1.807) is 0 Å². The molecule has 0 bridgehead atoms. The maximum absolute atomic E-state index is 5.98. The van der Waals surface area contributed by atoms with Gasteiger partial charge < -0.3 is 10.1 Å². The molecule has 0 saturated carbocycles. The van der Waals surface area contributed by atoms with E-state index in [2.05, 4.69) is 56.1 Å². The SMILES string of the molecule is C=C(CCC)C(C)(COCCCCNC)c1ccccc1. The van der Waals surface area contributed by atoms with Crippen LogP contribution in [-0.4, -0.2) is 26.8 Å². The van der Waals surface area contributed by atoms with Crippen molar-refractivity contribution in [1.29, 1.82) is 0 Å². The van der Waals surface area contributed by atoms with Crippen molar-refractivity contribution in [1.82, 2.24) is 5.32 Å². The number of rotatable bonds is 11. The Balaban J connectivity index is 2.63. The van der Waals surface area contributed by atoms with Crippen LogP contribution in [0.2, 0.25) is 0 Å². The highest BCUT2D eigenvalue weighted by molar-refractivity contribution is 5.34. The number of hydrogen-bond acceptors (Lipinski definition) is 2. The normalized spacial score (nSPS) is 13.9. The Kier molecular flexibility index (Phi) is 8.33. The Morgan fingerprint density at radius 3 is 2.57 bits per heavy atom. The highest BCUT2D eigenvalue weighted by atomic mass is 16.5. The largest absolute Gasteiger partial charge is 0.380 e. The first-order valence-electron chi connectivity index (χ1n) is 8.11. The molecule has 0 heterocycles. The van der Waals surface area contributed by atoms with E-state index in [0.29, 0.717) is 0 Å². The summed E-state index contributed by atoms with van der Waals surface area (Å²) in [4.78, 5) is 0. The maximum Gasteiger partial charge on any atom is 0.0597 e. The summed E-state index contributed by atoms with van der Waals surface area (Å²) < 4.78 is 5.98. The Morgan fingerprint density at radius 1 is 1.24 bits per heavy atom. The van der Waals surface area contributed by atoms with Crippen LogP contribution in [0.3, 0.4) is 0 Å². The van der Waals surface area contributed by atoms with E-state index in [0.717, 1.165) is 45.4 Å². The molecule has 2 nitrogen and oxygen atoms in total. The third-order valence-electron chi connectivity index (χ3n) is 4.10. The van der Waals surface area contributed by atoms with Crippen molar-refractivity contribution in [2.24, 2.45) is 0 Å². The molecule has 21 heavy (non-hydrogen) atoms. The number of ether oxygens (including phenoxy) is 1. The van der Waals surface area contributed by atoms with Crippen LogP contribution in [0, 0.1) is 0 Å². The van der Waals surface area contributed by atoms with Gasteiger partial charge in [-0.1, -0.05) is 55.8 Å². The quantitative estimate of drug-likeness (QED) is 0.484. The van der Waals surface area contributed by atoms with Gasteiger partial charge in [-0.25, -0.2) is 0 Å². The standard InChI is InChI=1S/C19H31NO/c1-5-11-17(2)19(3,18-12-7-6-8-13-18)16-21-15-10-9-14-20-4/h6-8,12-13,20H,2,5,9-11,14-16H2,1,3-4H3. The second kappa shape index (κ2) is 9.75. The maximum atomic E-state index is 5.98. The molecule has 0 aromatic heterocycles.